The molecule has 1 N–H and O–H groups in total. The van der Waals surface area contributed by atoms with Crippen LogP contribution in [0, 0.1) is 0 Å². The van der Waals surface area contributed by atoms with Crippen LogP contribution in [0.3, 0.4) is 0 Å². The zero-order valence-corrected chi connectivity index (χ0v) is 18.3. The van der Waals surface area contributed by atoms with Crippen LogP contribution in [0.2, 0.25) is 0 Å². The van der Waals surface area contributed by atoms with Crippen LogP contribution < -0.4 is 5.32 Å². The van der Waals surface area contributed by atoms with Crippen LogP contribution in [-0.2, 0) is 17.6 Å². The van der Waals surface area contributed by atoms with E-state index in [-0.39, 0.29) is 6.04 Å². The average Bonchev–Trinajstić information content (AvgIpc) is 3.42. The van der Waals surface area contributed by atoms with Crippen LogP contribution in [0.4, 0.5) is 0 Å². The summed E-state index contributed by atoms with van der Waals surface area (Å²) in [6, 6.07) is -0.0207. The van der Waals surface area contributed by atoms with Gasteiger partial charge in [-0.1, -0.05) is 6.92 Å². The highest BCUT2D eigenvalue weighted by Crippen LogP contribution is 2.14. The van der Waals surface area contributed by atoms with Gasteiger partial charge in [0.15, 0.2) is 5.96 Å². The highest BCUT2D eigenvalue weighted by Gasteiger charge is 2.30. The van der Waals surface area contributed by atoms with Gasteiger partial charge in [0.2, 0.25) is 5.91 Å². The second-order valence-corrected chi connectivity index (χ2v) is 8.48. The van der Waals surface area contributed by atoms with Gasteiger partial charge in [-0.15, -0.1) is 11.3 Å². The SMILES string of the molecule is CCc1nc(CCNC(=NC)N2CCN(C(C)C(=O)N3CCCC3)CC2)cs1. The molecule has 2 aliphatic rings. The van der Waals surface area contributed by atoms with Crippen molar-refractivity contribution in [3.63, 3.8) is 0 Å². The molecule has 1 aromatic heterocycles. The summed E-state index contributed by atoms with van der Waals surface area (Å²) in [7, 11) is 1.84. The number of aryl methyl sites for hydroxylation is 1. The molecule has 1 amide bonds. The van der Waals surface area contributed by atoms with Gasteiger partial charge in [-0.05, 0) is 26.2 Å². The van der Waals surface area contributed by atoms with Crippen LogP contribution >= 0.6 is 11.3 Å². The molecule has 2 saturated heterocycles. The first-order valence-corrected chi connectivity index (χ1v) is 11.4. The van der Waals surface area contributed by atoms with Crippen molar-refractivity contribution in [2.75, 3.05) is 52.9 Å². The third-order valence-electron chi connectivity index (χ3n) is 5.71. The monoisotopic (exact) mass is 406 g/mol. The Balaban J connectivity index is 1.42. The molecule has 1 unspecified atom stereocenters. The van der Waals surface area contributed by atoms with Gasteiger partial charge in [0.1, 0.15) is 0 Å². The molecule has 0 aliphatic carbocycles. The van der Waals surface area contributed by atoms with Crippen LogP contribution in [0.15, 0.2) is 10.4 Å². The summed E-state index contributed by atoms with van der Waals surface area (Å²) in [5.74, 6) is 1.24. The number of carbonyl (C=O) groups is 1. The number of nitrogens with one attached hydrogen (secondary N) is 1. The molecule has 8 heteroatoms. The zero-order chi connectivity index (χ0) is 19.9. The van der Waals surface area contributed by atoms with E-state index in [1.54, 1.807) is 11.3 Å². The number of aromatic nitrogens is 1. The maximum absolute atomic E-state index is 12.6. The Morgan fingerprint density at radius 1 is 1.21 bits per heavy atom. The number of amides is 1. The number of likely N-dealkylation sites (tertiary alicyclic amines) is 1. The maximum Gasteiger partial charge on any atom is 0.239 e. The van der Waals surface area contributed by atoms with Crippen molar-refractivity contribution in [2.45, 2.75) is 45.6 Å². The first-order chi connectivity index (χ1) is 13.6. The van der Waals surface area contributed by atoms with Crippen molar-refractivity contribution in [3.8, 4) is 0 Å². The molecular formula is C20H34N6OS. The molecule has 156 valence electrons. The van der Waals surface area contributed by atoms with Crippen LogP contribution in [0.1, 0.15) is 37.4 Å². The highest BCUT2D eigenvalue weighted by atomic mass is 32.1. The number of piperazine rings is 1. The fraction of sp³-hybridized carbons (Fsp3) is 0.750. The molecule has 1 atom stereocenters. The van der Waals surface area contributed by atoms with Crippen molar-refractivity contribution in [1.82, 2.24) is 25.0 Å². The van der Waals surface area contributed by atoms with Crippen LogP contribution in [0.5, 0.6) is 0 Å². The quantitative estimate of drug-likeness (QED) is 0.572. The third-order valence-corrected chi connectivity index (χ3v) is 6.76. The van der Waals surface area contributed by atoms with E-state index in [4.69, 9.17) is 0 Å². The van der Waals surface area contributed by atoms with Gasteiger partial charge < -0.3 is 15.1 Å². The number of aliphatic imine (C=N–C) groups is 1. The molecule has 0 spiro atoms. The molecule has 2 fully saturated rings. The summed E-state index contributed by atoms with van der Waals surface area (Å²) in [5, 5.41) is 6.83. The van der Waals surface area contributed by atoms with Crippen molar-refractivity contribution >= 4 is 23.2 Å². The minimum Gasteiger partial charge on any atom is -0.356 e. The Morgan fingerprint density at radius 2 is 1.93 bits per heavy atom. The maximum atomic E-state index is 12.6. The fourth-order valence-corrected chi connectivity index (χ4v) is 4.72. The molecule has 3 rings (SSSR count). The van der Waals surface area contributed by atoms with Crippen molar-refractivity contribution in [1.29, 1.82) is 0 Å². The lowest BCUT2D eigenvalue weighted by atomic mass is 10.2. The first-order valence-electron chi connectivity index (χ1n) is 10.5. The molecule has 2 aliphatic heterocycles. The number of guanidine groups is 1. The molecule has 0 bridgehead atoms. The largest absolute Gasteiger partial charge is 0.356 e. The lowest BCUT2D eigenvalue weighted by Crippen LogP contribution is -2.57. The summed E-state index contributed by atoms with van der Waals surface area (Å²) in [4.78, 5) is 28.4. The number of hydrogen-bond donors (Lipinski definition) is 1. The number of hydrogen-bond acceptors (Lipinski definition) is 5. The lowest BCUT2D eigenvalue weighted by Gasteiger charge is -2.39. The van der Waals surface area contributed by atoms with Crippen LogP contribution in [0.25, 0.3) is 0 Å². The van der Waals surface area contributed by atoms with Crippen LogP contribution in [-0.4, -0.2) is 90.5 Å². The Bertz CT molecular complexity index is 661. The zero-order valence-electron chi connectivity index (χ0n) is 17.5. The van der Waals surface area contributed by atoms with Gasteiger partial charge >= 0.3 is 0 Å². The average molecular weight is 407 g/mol. The van der Waals surface area contributed by atoms with Gasteiger partial charge in [0.05, 0.1) is 16.7 Å². The Hall–Kier alpha value is -1.67. The summed E-state index contributed by atoms with van der Waals surface area (Å²) in [6.07, 6.45) is 4.21. The van der Waals surface area contributed by atoms with Gasteiger partial charge in [0, 0.05) is 64.7 Å². The van der Waals surface area contributed by atoms with E-state index in [0.29, 0.717) is 5.91 Å². The first kappa shape index (κ1) is 21.0. The van der Waals surface area contributed by atoms with Crippen molar-refractivity contribution in [3.05, 3.63) is 16.1 Å². The smallest absolute Gasteiger partial charge is 0.239 e. The molecule has 1 aromatic rings. The summed E-state index contributed by atoms with van der Waals surface area (Å²) in [5.41, 5.74) is 1.16. The Labute approximate surface area is 172 Å². The minimum atomic E-state index is -0.0207. The van der Waals surface area contributed by atoms with E-state index >= 15 is 0 Å². The Morgan fingerprint density at radius 3 is 2.54 bits per heavy atom. The van der Waals surface area contributed by atoms with Crippen molar-refractivity contribution in [2.24, 2.45) is 4.99 Å². The predicted molar refractivity (Wildman–Crippen MR) is 115 cm³/mol. The molecule has 0 aromatic carbocycles. The highest BCUT2D eigenvalue weighted by molar-refractivity contribution is 7.09. The minimum absolute atomic E-state index is 0.0207. The topological polar surface area (TPSA) is 64.1 Å². The third kappa shape index (κ3) is 5.23. The van der Waals surface area contributed by atoms with Gasteiger partial charge in [-0.2, -0.15) is 0 Å². The van der Waals surface area contributed by atoms with E-state index in [2.05, 4.69) is 44.3 Å². The normalized spacial score (nSPS) is 19.9. The van der Waals surface area contributed by atoms with E-state index < -0.39 is 0 Å². The van der Waals surface area contributed by atoms with Gasteiger partial charge in [-0.3, -0.25) is 14.7 Å². The number of thiazole rings is 1. The number of rotatable bonds is 6. The van der Waals surface area contributed by atoms with E-state index in [1.165, 1.54) is 5.01 Å². The molecule has 0 radical (unpaired) electrons. The Kier molecular flexibility index (Phi) is 7.67. The molecule has 28 heavy (non-hydrogen) atoms. The van der Waals surface area contributed by atoms with E-state index in [1.807, 2.05) is 11.9 Å². The van der Waals surface area contributed by atoms with Gasteiger partial charge in [-0.25, -0.2) is 4.98 Å². The fourth-order valence-electron chi connectivity index (χ4n) is 3.94. The summed E-state index contributed by atoms with van der Waals surface area (Å²) >= 11 is 1.74. The second-order valence-electron chi connectivity index (χ2n) is 7.54. The van der Waals surface area contributed by atoms with Crippen molar-refractivity contribution < 1.29 is 4.79 Å². The van der Waals surface area contributed by atoms with E-state index in [9.17, 15) is 4.79 Å². The predicted octanol–water partition coefficient (Wildman–Crippen LogP) is 1.45. The number of nitrogens with zero attached hydrogens (tertiary/aromatic N) is 5. The lowest BCUT2D eigenvalue weighted by molar-refractivity contribution is -0.135. The number of carbonyl (C=O) groups excluding carboxylic acids is 1. The summed E-state index contributed by atoms with van der Waals surface area (Å²) in [6.45, 7) is 10.5. The van der Waals surface area contributed by atoms with E-state index in [0.717, 1.165) is 83.2 Å². The summed E-state index contributed by atoms with van der Waals surface area (Å²) < 4.78 is 0. The van der Waals surface area contributed by atoms with Gasteiger partial charge in [0.25, 0.3) is 0 Å². The molecule has 0 saturated carbocycles. The standard InChI is InChI=1S/C20H34N6OS/c1-4-18-23-17(15-28-18)7-8-22-20(21-3)26-13-11-24(12-14-26)16(2)19(27)25-9-5-6-10-25/h15-16H,4-14H2,1-3H3,(H,21,22). The molecule has 7 nitrogen and oxygen atoms in total. The molecular weight excluding hydrogens is 372 g/mol. The molecule has 3 heterocycles. The second kappa shape index (κ2) is 10.2.